The number of pyridine rings is 1. The lowest BCUT2D eigenvalue weighted by Crippen LogP contribution is -2.44. The molecule has 5 aromatic rings. The lowest BCUT2D eigenvalue weighted by Gasteiger charge is -2.34. The van der Waals surface area contributed by atoms with E-state index < -0.39 is 10.0 Å². The van der Waals surface area contributed by atoms with Gasteiger partial charge in [-0.3, -0.25) is 19.5 Å². The van der Waals surface area contributed by atoms with Crippen LogP contribution < -0.4 is 14.8 Å². The summed E-state index contributed by atoms with van der Waals surface area (Å²) < 4.78 is 39.7. The van der Waals surface area contributed by atoms with Crippen LogP contribution in [0.5, 0.6) is 5.88 Å². The van der Waals surface area contributed by atoms with Gasteiger partial charge in [0.2, 0.25) is 5.88 Å². The third kappa shape index (κ3) is 6.40. The summed E-state index contributed by atoms with van der Waals surface area (Å²) in [7, 11) is -2.42. The van der Waals surface area contributed by atoms with Gasteiger partial charge in [-0.2, -0.15) is 5.10 Å². The number of benzene rings is 1. The van der Waals surface area contributed by atoms with Crippen LogP contribution in [0.1, 0.15) is 29.3 Å². The van der Waals surface area contributed by atoms with Gasteiger partial charge in [0, 0.05) is 35.6 Å². The number of anilines is 2. The minimum Gasteiger partial charge on any atom is -0.480 e. The number of nitrogens with one attached hydrogen (secondary N) is 3. The molecule has 224 valence electrons. The molecule has 2 atom stereocenters. The number of sulfonamides is 1. The van der Waals surface area contributed by atoms with E-state index in [4.69, 9.17) is 9.47 Å². The number of nitrogens with zero attached hydrogens (tertiary/aromatic N) is 4. The fourth-order valence-electron chi connectivity index (χ4n) is 5.06. The number of ether oxygens (including phenoxy) is 2. The van der Waals surface area contributed by atoms with E-state index in [0.29, 0.717) is 40.0 Å². The number of methoxy groups -OCH3 is 1. The maximum absolute atomic E-state index is 13.3. The van der Waals surface area contributed by atoms with Crippen LogP contribution >= 0.6 is 22.7 Å². The zero-order valence-corrected chi connectivity index (χ0v) is 26.0. The third-order valence-corrected chi connectivity index (χ3v) is 10.4. The van der Waals surface area contributed by atoms with Gasteiger partial charge in [-0.25, -0.2) is 18.4 Å². The summed E-state index contributed by atoms with van der Waals surface area (Å²) in [6, 6.07) is 8.47. The van der Waals surface area contributed by atoms with Gasteiger partial charge in [-0.1, -0.05) is 6.07 Å². The predicted octanol–water partition coefficient (Wildman–Crippen LogP) is 4.81. The van der Waals surface area contributed by atoms with E-state index in [1.165, 1.54) is 24.5 Å². The van der Waals surface area contributed by atoms with Crippen molar-refractivity contribution in [3.63, 3.8) is 0 Å². The van der Waals surface area contributed by atoms with Gasteiger partial charge in [0.1, 0.15) is 20.6 Å². The number of carbonyl (C=O) groups excluding carboxylic acids is 1. The molecule has 1 aliphatic rings. The van der Waals surface area contributed by atoms with E-state index in [9.17, 15) is 13.2 Å². The number of carbonyl (C=O) groups is 1. The van der Waals surface area contributed by atoms with Gasteiger partial charge < -0.3 is 14.8 Å². The van der Waals surface area contributed by atoms with Crippen LogP contribution in [0, 0.1) is 0 Å². The molecule has 15 heteroatoms. The van der Waals surface area contributed by atoms with E-state index in [-0.39, 0.29) is 33.9 Å². The Morgan fingerprint density at radius 3 is 2.67 bits per heavy atom. The van der Waals surface area contributed by atoms with Gasteiger partial charge in [-0.05, 0) is 49.1 Å². The first-order chi connectivity index (χ1) is 20.7. The van der Waals surface area contributed by atoms with Crippen LogP contribution in [-0.4, -0.2) is 71.8 Å². The van der Waals surface area contributed by atoms with E-state index >= 15 is 0 Å². The second kappa shape index (κ2) is 12.0. The summed E-state index contributed by atoms with van der Waals surface area (Å²) in [5.41, 5.74) is 2.98. The molecule has 1 saturated heterocycles. The number of rotatable bonds is 9. The number of H-pyrrole nitrogens is 1. The number of thiazole rings is 1. The highest BCUT2D eigenvalue weighted by molar-refractivity contribution is 7.94. The minimum absolute atomic E-state index is 0.125. The second-order valence-corrected chi connectivity index (χ2v) is 14.0. The zero-order chi connectivity index (χ0) is 30.1. The minimum atomic E-state index is -3.83. The fraction of sp³-hybridized carbons (Fsp3) is 0.286. The largest absolute Gasteiger partial charge is 0.480 e. The fourth-order valence-corrected chi connectivity index (χ4v) is 7.91. The molecule has 1 aromatic carbocycles. The van der Waals surface area contributed by atoms with E-state index in [0.717, 1.165) is 29.4 Å². The van der Waals surface area contributed by atoms with Gasteiger partial charge in [0.05, 0.1) is 43.3 Å². The number of aromatic nitrogens is 4. The first kappa shape index (κ1) is 29.2. The molecule has 4 aromatic heterocycles. The topological polar surface area (TPSA) is 151 Å². The molecule has 43 heavy (non-hydrogen) atoms. The Morgan fingerprint density at radius 1 is 1.14 bits per heavy atom. The molecule has 1 aliphatic heterocycles. The second-order valence-electron chi connectivity index (χ2n) is 10.2. The Kier molecular flexibility index (Phi) is 8.15. The molecule has 0 bridgehead atoms. The Labute approximate surface area is 256 Å². The third-order valence-electron chi connectivity index (χ3n) is 6.83. The molecular formula is C28H29N7O5S3. The quantitative estimate of drug-likeness (QED) is 0.206. The van der Waals surface area contributed by atoms with Gasteiger partial charge in [0.25, 0.3) is 15.9 Å². The summed E-state index contributed by atoms with van der Waals surface area (Å²) in [5, 5.41) is 15.1. The maximum atomic E-state index is 13.3. The highest BCUT2D eigenvalue weighted by Crippen LogP contribution is 2.34. The molecule has 0 saturated carbocycles. The van der Waals surface area contributed by atoms with Crippen LogP contribution in [0.25, 0.3) is 22.0 Å². The van der Waals surface area contributed by atoms with Gasteiger partial charge in [0.15, 0.2) is 0 Å². The zero-order valence-electron chi connectivity index (χ0n) is 23.5. The van der Waals surface area contributed by atoms with Crippen molar-refractivity contribution in [2.24, 2.45) is 0 Å². The van der Waals surface area contributed by atoms with Gasteiger partial charge in [-0.15, -0.1) is 22.7 Å². The number of aromatic amines is 1. The van der Waals surface area contributed by atoms with E-state index in [2.05, 4.69) is 49.0 Å². The standard InChI is InChI=1S/C28H29N7O5S3/c1-16-12-35(13-17(2)40-16)14-25-31-24(15-42-25)27(36)32-21-7-18(8-22-20(21)11-30-33-22)19-9-23(28(39-3)29-10-19)34-43(37,38)26-5-4-6-41-26/h4-11,15-17,34H,12-14H2,1-3H3,(H,30,33)(H,32,36). The van der Waals surface area contributed by atoms with Crippen molar-refractivity contribution >= 4 is 60.9 Å². The van der Waals surface area contributed by atoms with Gasteiger partial charge >= 0.3 is 0 Å². The molecule has 0 aliphatic carbocycles. The summed E-state index contributed by atoms with van der Waals surface area (Å²) in [6.45, 7) is 6.39. The summed E-state index contributed by atoms with van der Waals surface area (Å²) in [4.78, 5) is 24.5. The maximum Gasteiger partial charge on any atom is 0.275 e. The number of thiophene rings is 1. The smallest absolute Gasteiger partial charge is 0.275 e. The highest BCUT2D eigenvalue weighted by Gasteiger charge is 2.24. The SMILES string of the molecule is COc1ncc(-c2cc(NC(=O)c3csc(CN4CC(C)OC(C)C4)n3)c3cn[nH]c3c2)cc1NS(=O)(=O)c1cccs1. The number of hydrogen-bond acceptors (Lipinski definition) is 11. The molecule has 1 amide bonds. The normalized spacial score (nSPS) is 17.7. The predicted molar refractivity (Wildman–Crippen MR) is 166 cm³/mol. The molecule has 1 fully saturated rings. The summed E-state index contributed by atoms with van der Waals surface area (Å²) in [6.07, 6.45) is 3.50. The van der Waals surface area contributed by atoms with Crippen LogP contribution in [0.2, 0.25) is 0 Å². The lowest BCUT2D eigenvalue weighted by atomic mass is 10.0. The molecule has 5 heterocycles. The Bertz CT molecular complexity index is 1860. The van der Waals surface area contributed by atoms with Crippen molar-refractivity contribution in [3.05, 3.63) is 64.2 Å². The van der Waals surface area contributed by atoms with E-state index in [1.807, 2.05) is 6.07 Å². The van der Waals surface area contributed by atoms with Crippen molar-refractivity contribution in [1.29, 1.82) is 0 Å². The first-order valence-corrected chi connectivity index (χ1v) is 16.6. The molecule has 12 nitrogen and oxygen atoms in total. The molecule has 3 N–H and O–H groups in total. The average molecular weight is 640 g/mol. The summed E-state index contributed by atoms with van der Waals surface area (Å²) >= 11 is 2.56. The number of fused-ring (bicyclic) bond motifs is 1. The first-order valence-electron chi connectivity index (χ1n) is 13.4. The lowest BCUT2D eigenvalue weighted by molar-refractivity contribution is -0.0705. The number of hydrogen-bond donors (Lipinski definition) is 3. The number of amides is 1. The molecule has 0 spiro atoms. The molecular weight excluding hydrogens is 611 g/mol. The van der Waals surface area contributed by atoms with Crippen LogP contribution in [0.15, 0.2) is 57.7 Å². The average Bonchev–Trinajstić information content (AvgIpc) is 3.75. The van der Waals surface area contributed by atoms with Crippen LogP contribution in [-0.2, 0) is 21.3 Å². The van der Waals surface area contributed by atoms with E-state index in [1.54, 1.807) is 41.4 Å². The highest BCUT2D eigenvalue weighted by atomic mass is 32.2. The monoisotopic (exact) mass is 639 g/mol. The summed E-state index contributed by atoms with van der Waals surface area (Å²) in [5.74, 6) is -0.219. The molecule has 0 radical (unpaired) electrons. The van der Waals surface area contributed by atoms with Crippen molar-refractivity contribution in [3.8, 4) is 17.0 Å². The Hall–Kier alpha value is -3.89. The number of morpholine rings is 1. The van der Waals surface area contributed by atoms with Crippen molar-refractivity contribution in [1.82, 2.24) is 25.1 Å². The molecule has 2 unspecified atom stereocenters. The Morgan fingerprint density at radius 2 is 1.93 bits per heavy atom. The Balaban J connectivity index is 1.25. The van der Waals surface area contributed by atoms with Crippen molar-refractivity contribution in [2.45, 2.75) is 36.8 Å². The van der Waals surface area contributed by atoms with Crippen LogP contribution in [0.4, 0.5) is 11.4 Å². The molecule has 6 rings (SSSR count). The van der Waals surface area contributed by atoms with Crippen molar-refractivity contribution in [2.75, 3.05) is 30.2 Å². The van der Waals surface area contributed by atoms with Crippen LogP contribution in [0.3, 0.4) is 0 Å². The van der Waals surface area contributed by atoms with Crippen molar-refractivity contribution < 1.29 is 22.7 Å².